The molecule has 2 aromatic carbocycles. The Morgan fingerprint density at radius 1 is 1.24 bits per heavy atom. The van der Waals surface area contributed by atoms with Gasteiger partial charge >= 0.3 is 18.5 Å². The Kier molecular flexibility index (Phi) is 9.15. The predicted molar refractivity (Wildman–Crippen MR) is 161 cm³/mol. The number of halogens is 4. The number of imidazole rings is 1. The highest BCUT2D eigenvalue weighted by molar-refractivity contribution is 8.09. The average Bonchev–Trinajstić information content (AvgIpc) is 3.48. The van der Waals surface area contributed by atoms with Crippen LogP contribution in [0, 0.1) is 0 Å². The van der Waals surface area contributed by atoms with E-state index in [0.29, 0.717) is 15.3 Å². The Labute approximate surface area is 263 Å². The maximum Gasteiger partial charge on any atom is 0.323 e. The van der Waals surface area contributed by atoms with Gasteiger partial charge in [0.05, 0.1) is 19.0 Å². The van der Waals surface area contributed by atoms with Crippen LogP contribution in [0.1, 0.15) is 27.0 Å². The standard InChI is InChI=1S/C27H29F4N6O7PS/c1-13(2)42-23(40)14(3)36-45(46,44-17-10-6-8-15-7-4-5-9-16(15)17)41-11-26(24(28)29)27(30,31)19(38)22(43-26)37-12-33-18-20(37)34-25(32)35-21(18)39/h4-10,12-14,19,22,24,38H,11H2,1-3H3,(H,36,46)(H3,32,34,35,39). The van der Waals surface area contributed by atoms with Crippen molar-refractivity contribution in [3.8, 4) is 5.75 Å². The van der Waals surface area contributed by atoms with E-state index in [2.05, 4.69) is 20.0 Å². The average molecular weight is 689 g/mol. The molecule has 0 saturated carbocycles. The molecule has 1 aliphatic rings. The monoisotopic (exact) mass is 688 g/mol. The van der Waals surface area contributed by atoms with Crippen LogP contribution >= 0.6 is 6.64 Å². The Morgan fingerprint density at radius 2 is 1.93 bits per heavy atom. The number of carbonyl (C=O) groups is 1. The number of nitrogens with zero attached hydrogens (tertiary/aromatic N) is 3. The van der Waals surface area contributed by atoms with Crippen LogP contribution in [-0.4, -0.2) is 73.4 Å². The smallest absolute Gasteiger partial charge is 0.323 e. The van der Waals surface area contributed by atoms with Gasteiger partial charge < -0.3 is 29.4 Å². The third kappa shape index (κ3) is 6.08. The van der Waals surface area contributed by atoms with Crippen LogP contribution in [0.15, 0.2) is 53.6 Å². The molecule has 19 heteroatoms. The number of nitrogens with two attached hydrogens (primary N) is 1. The number of hydrogen-bond acceptors (Lipinski definition) is 11. The van der Waals surface area contributed by atoms with E-state index >= 15 is 8.78 Å². The molecule has 4 aromatic rings. The van der Waals surface area contributed by atoms with Crippen molar-refractivity contribution in [1.29, 1.82) is 0 Å². The molecule has 0 bridgehead atoms. The second-order valence-electron chi connectivity index (χ2n) is 10.7. The molecule has 5 atom stereocenters. The van der Waals surface area contributed by atoms with Crippen molar-refractivity contribution in [3.05, 3.63) is 59.1 Å². The molecule has 1 saturated heterocycles. The van der Waals surface area contributed by atoms with E-state index in [0.717, 1.165) is 6.33 Å². The molecule has 1 aliphatic heterocycles. The maximum absolute atomic E-state index is 15.8. The minimum atomic E-state index is -4.68. The highest BCUT2D eigenvalue weighted by Gasteiger charge is 2.74. The number of esters is 1. The summed E-state index contributed by atoms with van der Waals surface area (Å²) in [5.74, 6) is -5.80. The Balaban J connectivity index is 1.52. The van der Waals surface area contributed by atoms with Crippen molar-refractivity contribution in [1.82, 2.24) is 24.6 Å². The normalized spacial score (nSPS) is 23.2. The number of ether oxygens (including phenoxy) is 2. The summed E-state index contributed by atoms with van der Waals surface area (Å²) in [6, 6.07) is 10.5. The van der Waals surface area contributed by atoms with Crippen LogP contribution in [0.3, 0.4) is 0 Å². The molecule has 248 valence electrons. The summed E-state index contributed by atoms with van der Waals surface area (Å²) in [6.07, 6.45) is -8.82. The Hall–Kier alpha value is -3.67. The van der Waals surface area contributed by atoms with Crippen molar-refractivity contribution < 1.29 is 46.0 Å². The van der Waals surface area contributed by atoms with Gasteiger partial charge in [-0.3, -0.25) is 19.1 Å². The molecule has 46 heavy (non-hydrogen) atoms. The van der Waals surface area contributed by atoms with E-state index in [-0.39, 0.29) is 11.3 Å². The predicted octanol–water partition coefficient (Wildman–Crippen LogP) is 3.63. The van der Waals surface area contributed by atoms with Gasteiger partial charge in [0, 0.05) is 5.39 Å². The van der Waals surface area contributed by atoms with E-state index in [1.54, 1.807) is 50.2 Å². The summed E-state index contributed by atoms with van der Waals surface area (Å²) < 4.78 is 83.9. The Bertz CT molecular complexity index is 1870. The summed E-state index contributed by atoms with van der Waals surface area (Å²) in [7, 11) is 0. The topological polar surface area (TPSA) is 176 Å². The number of carbonyl (C=O) groups excluding carboxylic acids is 1. The number of anilines is 1. The first-order valence-corrected chi connectivity index (χ1v) is 16.4. The van der Waals surface area contributed by atoms with Crippen LogP contribution in [0.5, 0.6) is 5.75 Å². The second-order valence-corrected chi connectivity index (χ2v) is 13.9. The molecule has 5 unspecified atom stereocenters. The summed E-state index contributed by atoms with van der Waals surface area (Å²) in [5, 5.41) is 14.5. The number of H-pyrrole nitrogens is 1. The largest absolute Gasteiger partial charge is 0.462 e. The van der Waals surface area contributed by atoms with E-state index in [1.807, 2.05) is 0 Å². The van der Waals surface area contributed by atoms with Gasteiger partial charge in [0.1, 0.15) is 11.8 Å². The van der Waals surface area contributed by atoms with Gasteiger partial charge in [-0.05, 0) is 44.0 Å². The lowest BCUT2D eigenvalue weighted by Gasteiger charge is -2.35. The van der Waals surface area contributed by atoms with Crippen molar-refractivity contribution in [3.63, 3.8) is 0 Å². The Morgan fingerprint density at radius 3 is 2.63 bits per heavy atom. The summed E-state index contributed by atoms with van der Waals surface area (Å²) in [5.41, 5.74) is 0.132. The number of aromatic amines is 1. The van der Waals surface area contributed by atoms with E-state index in [1.165, 1.54) is 13.0 Å². The zero-order chi connectivity index (χ0) is 33.6. The quantitative estimate of drug-likeness (QED) is 0.102. The fourth-order valence-corrected chi connectivity index (χ4v) is 7.23. The molecule has 0 amide bonds. The molecule has 0 spiro atoms. The molecular weight excluding hydrogens is 659 g/mol. The maximum atomic E-state index is 15.8. The minimum absolute atomic E-state index is 0.111. The number of benzene rings is 2. The van der Waals surface area contributed by atoms with E-state index in [4.69, 9.17) is 36.1 Å². The number of aliphatic hydroxyl groups is 1. The lowest BCUT2D eigenvalue weighted by molar-refractivity contribution is -0.241. The molecule has 2 aromatic heterocycles. The number of rotatable bonds is 11. The van der Waals surface area contributed by atoms with Gasteiger partial charge in [-0.25, -0.2) is 18.9 Å². The molecule has 0 radical (unpaired) electrons. The van der Waals surface area contributed by atoms with E-state index < -0.39 is 78.8 Å². The van der Waals surface area contributed by atoms with Crippen molar-refractivity contribution in [2.75, 3.05) is 12.3 Å². The van der Waals surface area contributed by atoms with Gasteiger partial charge in [0.15, 0.2) is 23.5 Å². The van der Waals surface area contributed by atoms with Crippen LogP contribution in [0.4, 0.5) is 23.5 Å². The van der Waals surface area contributed by atoms with Crippen LogP contribution in [-0.2, 0) is 30.6 Å². The number of nitrogen functional groups attached to an aromatic ring is 1. The number of fused-ring (bicyclic) bond motifs is 2. The highest BCUT2D eigenvalue weighted by Crippen LogP contribution is 2.55. The first-order valence-electron chi connectivity index (χ1n) is 13.7. The fraction of sp³-hybridized carbons (Fsp3) is 0.407. The van der Waals surface area contributed by atoms with E-state index in [9.17, 15) is 23.5 Å². The highest BCUT2D eigenvalue weighted by atomic mass is 32.5. The second kappa shape index (κ2) is 12.5. The fourth-order valence-electron chi connectivity index (χ4n) is 4.82. The number of aromatic nitrogens is 4. The number of nitrogens with one attached hydrogen (secondary N) is 2. The number of alkyl halides is 4. The first kappa shape index (κ1) is 33.7. The SMILES string of the molecule is CC(C)OC(=O)C(C)NP(=S)(OCC1(C(F)F)OC(n2cnc3c(=O)[nH]c(N)nc32)C(O)C1(F)F)Oc1cccc2ccccc12. The van der Waals surface area contributed by atoms with Crippen LogP contribution in [0.25, 0.3) is 21.9 Å². The first-order chi connectivity index (χ1) is 21.6. The number of aliphatic hydroxyl groups excluding tert-OH is 1. The van der Waals surface area contributed by atoms with Crippen molar-refractivity contribution in [2.24, 2.45) is 0 Å². The van der Waals surface area contributed by atoms with Crippen molar-refractivity contribution in [2.45, 2.75) is 63.2 Å². The van der Waals surface area contributed by atoms with Gasteiger partial charge in [-0.2, -0.15) is 13.8 Å². The van der Waals surface area contributed by atoms with Gasteiger partial charge in [-0.1, -0.05) is 36.4 Å². The summed E-state index contributed by atoms with van der Waals surface area (Å²) in [6.45, 7) is -1.26. The van der Waals surface area contributed by atoms with Crippen LogP contribution < -0.4 is 20.9 Å². The van der Waals surface area contributed by atoms with Gasteiger partial charge in [-0.15, -0.1) is 0 Å². The molecule has 5 rings (SSSR count). The third-order valence-corrected chi connectivity index (χ3v) is 9.55. The lowest BCUT2D eigenvalue weighted by atomic mass is 9.95. The zero-order valence-corrected chi connectivity index (χ0v) is 26.1. The minimum Gasteiger partial charge on any atom is -0.462 e. The molecule has 3 heterocycles. The van der Waals surface area contributed by atoms with Gasteiger partial charge in [0.2, 0.25) is 11.5 Å². The zero-order valence-electron chi connectivity index (χ0n) is 24.4. The molecular formula is C27H29F4N6O7PS. The third-order valence-electron chi connectivity index (χ3n) is 7.09. The van der Waals surface area contributed by atoms with Gasteiger partial charge in [0.25, 0.3) is 12.0 Å². The van der Waals surface area contributed by atoms with Crippen molar-refractivity contribution >= 4 is 52.3 Å². The van der Waals surface area contributed by atoms with Crippen LogP contribution in [0.2, 0.25) is 0 Å². The molecule has 13 nitrogen and oxygen atoms in total. The summed E-state index contributed by atoms with van der Waals surface area (Å²) in [4.78, 5) is 34.6. The molecule has 1 fully saturated rings. The summed E-state index contributed by atoms with van der Waals surface area (Å²) >= 11 is 5.59. The number of hydrogen-bond donors (Lipinski definition) is 4. The molecule has 0 aliphatic carbocycles. The lowest BCUT2D eigenvalue weighted by Crippen LogP contribution is -2.57. The molecule has 5 N–H and O–H groups in total.